The molecule has 0 aliphatic rings. The quantitative estimate of drug-likeness (QED) is 0.636. The van der Waals surface area contributed by atoms with Crippen molar-refractivity contribution in [3.05, 3.63) is 29.8 Å². The van der Waals surface area contributed by atoms with Gasteiger partial charge in [0.25, 0.3) is 0 Å². The minimum Gasteiger partial charge on any atom is -0.508 e. The number of benzene rings is 1. The number of carbonyl (C=O) groups is 1. The van der Waals surface area contributed by atoms with Crippen LogP contribution in [0.2, 0.25) is 0 Å². The summed E-state index contributed by atoms with van der Waals surface area (Å²) < 4.78 is 0. The van der Waals surface area contributed by atoms with Gasteiger partial charge in [0, 0.05) is 7.05 Å². The Hall–Kier alpha value is -1.55. The summed E-state index contributed by atoms with van der Waals surface area (Å²) >= 11 is 0. The summed E-state index contributed by atoms with van der Waals surface area (Å²) in [5, 5.41) is 8.90. The first-order valence-corrected chi connectivity index (χ1v) is 3.41. The lowest BCUT2D eigenvalue weighted by atomic mass is 10.2. The Labute approximate surface area is 69.7 Å². The van der Waals surface area contributed by atoms with Crippen LogP contribution in [-0.2, 0) is 4.84 Å². The van der Waals surface area contributed by atoms with Crippen molar-refractivity contribution in [2.75, 3.05) is 7.05 Å². The molecular formula is C8H9NO3. The minimum atomic E-state index is -0.475. The SMILES string of the molecule is CNOC(=O)c1ccc(O)cc1. The topological polar surface area (TPSA) is 58.6 Å². The molecule has 4 nitrogen and oxygen atoms in total. The van der Waals surface area contributed by atoms with Gasteiger partial charge in [0.1, 0.15) is 5.75 Å². The Morgan fingerprint density at radius 2 is 2.00 bits per heavy atom. The maximum Gasteiger partial charge on any atom is 0.356 e. The van der Waals surface area contributed by atoms with Gasteiger partial charge in [-0.1, -0.05) is 0 Å². The predicted molar refractivity (Wildman–Crippen MR) is 42.6 cm³/mol. The molecule has 1 rings (SSSR count). The van der Waals surface area contributed by atoms with Gasteiger partial charge in [-0.05, 0) is 24.3 Å². The van der Waals surface area contributed by atoms with Crippen LogP contribution < -0.4 is 5.48 Å². The van der Waals surface area contributed by atoms with Crippen molar-refractivity contribution in [3.63, 3.8) is 0 Å². The average molecular weight is 167 g/mol. The summed E-state index contributed by atoms with van der Waals surface area (Å²) in [5.74, 6) is -0.353. The molecule has 12 heavy (non-hydrogen) atoms. The molecule has 0 amide bonds. The number of phenols is 1. The summed E-state index contributed by atoms with van der Waals surface area (Å²) in [7, 11) is 1.50. The molecule has 0 spiro atoms. The second kappa shape index (κ2) is 3.73. The van der Waals surface area contributed by atoms with E-state index in [0.717, 1.165) is 0 Å². The molecule has 0 aliphatic carbocycles. The summed E-state index contributed by atoms with van der Waals surface area (Å²) in [5.41, 5.74) is 2.66. The molecule has 2 N–H and O–H groups in total. The van der Waals surface area contributed by atoms with Crippen LogP contribution in [0.15, 0.2) is 24.3 Å². The third-order valence-electron chi connectivity index (χ3n) is 1.30. The first-order chi connectivity index (χ1) is 5.74. The fourth-order valence-electron chi connectivity index (χ4n) is 0.749. The fourth-order valence-corrected chi connectivity index (χ4v) is 0.749. The summed E-state index contributed by atoms with van der Waals surface area (Å²) in [6, 6.07) is 5.81. The average Bonchev–Trinajstić information content (AvgIpc) is 2.06. The minimum absolute atomic E-state index is 0.121. The Balaban J connectivity index is 2.75. The van der Waals surface area contributed by atoms with Crippen LogP contribution in [0.3, 0.4) is 0 Å². The zero-order chi connectivity index (χ0) is 8.97. The molecule has 0 unspecified atom stereocenters. The highest BCUT2D eigenvalue weighted by atomic mass is 16.7. The zero-order valence-electron chi connectivity index (χ0n) is 6.57. The molecule has 0 aliphatic heterocycles. The molecule has 0 atom stereocenters. The standard InChI is InChI=1S/C8H9NO3/c1-9-12-8(11)6-2-4-7(10)5-3-6/h2-5,9-10H,1H3. The van der Waals surface area contributed by atoms with E-state index in [0.29, 0.717) is 5.56 Å². The van der Waals surface area contributed by atoms with E-state index in [1.807, 2.05) is 0 Å². The number of hydroxylamine groups is 1. The fraction of sp³-hybridized carbons (Fsp3) is 0.125. The monoisotopic (exact) mass is 167 g/mol. The number of aromatic hydroxyl groups is 1. The third-order valence-corrected chi connectivity index (χ3v) is 1.30. The van der Waals surface area contributed by atoms with Gasteiger partial charge >= 0.3 is 5.97 Å². The predicted octanol–water partition coefficient (Wildman–Crippen LogP) is 0.683. The highest BCUT2D eigenvalue weighted by Crippen LogP contribution is 2.09. The van der Waals surface area contributed by atoms with Gasteiger partial charge in [0.15, 0.2) is 0 Å². The number of phenolic OH excluding ortho intramolecular Hbond substituents is 1. The lowest BCUT2D eigenvalue weighted by Crippen LogP contribution is -2.14. The smallest absolute Gasteiger partial charge is 0.356 e. The van der Waals surface area contributed by atoms with Crippen LogP contribution in [0.25, 0.3) is 0 Å². The van der Waals surface area contributed by atoms with E-state index in [4.69, 9.17) is 5.11 Å². The maximum absolute atomic E-state index is 11.0. The lowest BCUT2D eigenvalue weighted by Gasteiger charge is -2.00. The second-order valence-electron chi connectivity index (χ2n) is 2.14. The molecule has 0 heterocycles. The highest BCUT2D eigenvalue weighted by Gasteiger charge is 2.04. The molecule has 0 radical (unpaired) electrons. The van der Waals surface area contributed by atoms with Gasteiger partial charge in [-0.15, -0.1) is 0 Å². The lowest BCUT2D eigenvalue weighted by molar-refractivity contribution is 0.0310. The second-order valence-corrected chi connectivity index (χ2v) is 2.14. The molecule has 1 aromatic rings. The van der Waals surface area contributed by atoms with E-state index < -0.39 is 5.97 Å². The largest absolute Gasteiger partial charge is 0.508 e. The summed E-state index contributed by atoms with van der Waals surface area (Å²) in [6.07, 6.45) is 0. The third kappa shape index (κ3) is 1.96. The van der Waals surface area contributed by atoms with Crippen LogP contribution in [0.1, 0.15) is 10.4 Å². The molecular weight excluding hydrogens is 158 g/mol. The van der Waals surface area contributed by atoms with Crippen LogP contribution in [0, 0.1) is 0 Å². The van der Waals surface area contributed by atoms with E-state index in [-0.39, 0.29) is 5.75 Å². The van der Waals surface area contributed by atoms with Crippen LogP contribution in [0.4, 0.5) is 0 Å². The van der Waals surface area contributed by atoms with Gasteiger partial charge in [0.05, 0.1) is 5.56 Å². The zero-order valence-corrected chi connectivity index (χ0v) is 6.57. The van der Waals surface area contributed by atoms with E-state index >= 15 is 0 Å². The normalized spacial score (nSPS) is 9.42. The highest BCUT2D eigenvalue weighted by molar-refractivity contribution is 5.89. The maximum atomic E-state index is 11.0. The Bertz CT molecular complexity index is 268. The van der Waals surface area contributed by atoms with Gasteiger partial charge in [-0.2, -0.15) is 5.48 Å². The Morgan fingerprint density at radius 1 is 1.42 bits per heavy atom. The van der Waals surface area contributed by atoms with Crippen molar-refractivity contribution in [1.29, 1.82) is 0 Å². The van der Waals surface area contributed by atoms with Crippen molar-refractivity contribution >= 4 is 5.97 Å². The molecule has 64 valence electrons. The molecule has 0 fully saturated rings. The molecule has 4 heteroatoms. The molecule has 0 bridgehead atoms. The van der Waals surface area contributed by atoms with Crippen molar-refractivity contribution in [1.82, 2.24) is 5.48 Å². The van der Waals surface area contributed by atoms with Crippen molar-refractivity contribution < 1.29 is 14.7 Å². The van der Waals surface area contributed by atoms with E-state index in [2.05, 4.69) is 10.3 Å². The summed E-state index contributed by atoms with van der Waals surface area (Å²) in [6.45, 7) is 0. The Kier molecular flexibility index (Phi) is 2.66. The van der Waals surface area contributed by atoms with Crippen LogP contribution >= 0.6 is 0 Å². The first-order valence-electron chi connectivity index (χ1n) is 3.41. The number of hydrogen-bond acceptors (Lipinski definition) is 4. The van der Waals surface area contributed by atoms with E-state index in [1.165, 1.54) is 31.3 Å². The molecule has 0 aromatic heterocycles. The van der Waals surface area contributed by atoms with Crippen molar-refractivity contribution in [3.8, 4) is 5.75 Å². The Morgan fingerprint density at radius 3 is 2.50 bits per heavy atom. The molecule has 0 saturated carbocycles. The number of nitrogens with one attached hydrogen (secondary N) is 1. The van der Waals surface area contributed by atoms with Crippen molar-refractivity contribution in [2.45, 2.75) is 0 Å². The summed E-state index contributed by atoms with van der Waals surface area (Å²) in [4.78, 5) is 15.5. The number of carbonyl (C=O) groups excluding carboxylic acids is 1. The van der Waals surface area contributed by atoms with E-state index in [1.54, 1.807) is 0 Å². The van der Waals surface area contributed by atoms with Crippen LogP contribution in [-0.4, -0.2) is 18.1 Å². The van der Waals surface area contributed by atoms with Gasteiger partial charge in [-0.25, -0.2) is 4.79 Å². The van der Waals surface area contributed by atoms with Crippen LogP contribution in [0.5, 0.6) is 5.75 Å². The molecule has 1 aromatic carbocycles. The van der Waals surface area contributed by atoms with Gasteiger partial charge in [-0.3, -0.25) is 0 Å². The van der Waals surface area contributed by atoms with Gasteiger partial charge in [0.2, 0.25) is 0 Å². The van der Waals surface area contributed by atoms with Gasteiger partial charge < -0.3 is 9.94 Å². The van der Waals surface area contributed by atoms with Crippen molar-refractivity contribution in [2.24, 2.45) is 0 Å². The number of rotatable bonds is 2. The first kappa shape index (κ1) is 8.55. The number of hydrogen-bond donors (Lipinski definition) is 2. The van der Waals surface area contributed by atoms with E-state index in [9.17, 15) is 4.79 Å². The molecule has 0 saturated heterocycles.